The van der Waals surface area contributed by atoms with Crippen LogP contribution in [0.4, 0.5) is 0 Å². The quantitative estimate of drug-likeness (QED) is 0.789. The molecule has 0 spiro atoms. The lowest BCUT2D eigenvalue weighted by Gasteiger charge is -2.32. The van der Waals surface area contributed by atoms with Gasteiger partial charge in [-0.15, -0.1) is 0 Å². The molecule has 2 unspecified atom stereocenters. The maximum absolute atomic E-state index is 12.2. The number of likely N-dealkylation sites (N-methyl/N-ethyl adjacent to an activating group) is 1. The summed E-state index contributed by atoms with van der Waals surface area (Å²) in [6, 6.07) is 0.296. The summed E-state index contributed by atoms with van der Waals surface area (Å²) in [5, 5.41) is 3.36. The standard InChI is InChI=1S/C13H26N2O2/c1-10(2)17-9-8-15(4)13(16)12-6-5-7-14-11(12)3/h10-12,14H,5-9H2,1-4H3. The first-order valence-electron chi connectivity index (χ1n) is 6.62. The Morgan fingerprint density at radius 2 is 2.24 bits per heavy atom. The number of rotatable bonds is 5. The average molecular weight is 242 g/mol. The number of carbonyl (C=O) groups excluding carboxylic acids is 1. The number of carbonyl (C=O) groups is 1. The molecule has 0 aromatic carbocycles. The van der Waals surface area contributed by atoms with E-state index in [1.54, 1.807) is 4.90 Å². The van der Waals surface area contributed by atoms with Gasteiger partial charge in [0, 0.05) is 19.6 Å². The van der Waals surface area contributed by atoms with Crippen molar-refractivity contribution in [1.82, 2.24) is 10.2 Å². The minimum absolute atomic E-state index is 0.132. The number of hydrogen-bond donors (Lipinski definition) is 1. The van der Waals surface area contributed by atoms with Crippen LogP contribution in [0, 0.1) is 5.92 Å². The zero-order valence-corrected chi connectivity index (χ0v) is 11.5. The maximum atomic E-state index is 12.2. The lowest BCUT2D eigenvalue weighted by atomic mass is 9.91. The molecule has 1 aliphatic heterocycles. The predicted molar refractivity (Wildman–Crippen MR) is 68.9 cm³/mol. The highest BCUT2D eigenvalue weighted by molar-refractivity contribution is 5.79. The molecule has 0 radical (unpaired) electrons. The van der Waals surface area contributed by atoms with Crippen molar-refractivity contribution < 1.29 is 9.53 Å². The van der Waals surface area contributed by atoms with Crippen molar-refractivity contribution in [2.45, 2.75) is 45.8 Å². The van der Waals surface area contributed by atoms with Crippen LogP contribution < -0.4 is 5.32 Å². The fraction of sp³-hybridized carbons (Fsp3) is 0.923. The van der Waals surface area contributed by atoms with E-state index in [1.165, 1.54) is 0 Å². The largest absolute Gasteiger partial charge is 0.377 e. The van der Waals surface area contributed by atoms with Crippen LogP contribution in [-0.2, 0) is 9.53 Å². The van der Waals surface area contributed by atoms with Crippen LogP contribution in [0.1, 0.15) is 33.6 Å². The molecule has 0 saturated carbocycles. The third-order valence-corrected chi connectivity index (χ3v) is 3.33. The van der Waals surface area contributed by atoms with Crippen LogP contribution in [0.25, 0.3) is 0 Å². The predicted octanol–water partition coefficient (Wildman–Crippen LogP) is 1.26. The van der Waals surface area contributed by atoms with Crippen molar-refractivity contribution >= 4 is 5.91 Å². The number of amides is 1. The highest BCUT2D eigenvalue weighted by atomic mass is 16.5. The van der Waals surface area contributed by atoms with Gasteiger partial charge >= 0.3 is 0 Å². The van der Waals surface area contributed by atoms with Crippen molar-refractivity contribution in [1.29, 1.82) is 0 Å². The summed E-state index contributed by atoms with van der Waals surface area (Å²) in [5.41, 5.74) is 0. The number of nitrogens with one attached hydrogen (secondary N) is 1. The second-order valence-electron chi connectivity index (χ2n) is 5.17. The Labute approximate surface area is 105 Å². The molecule has 1 saturated heterocycles. The van der Waals surface area contributed by atoms with E-state index in [9.17, 15) is 4.79 Å². The first-order chi connectivity index (χ1) is 8.02. The van der Waals surface area contributed by atoms with Crippen molar-refractivity contribution in [2.24, 2.45) is 5.92 Å². The average Bonchev–Trinajstić information content (AvgIpc) is 2.28. The molecule has 1 fully saturated rings. The fourth-order valence-electron chi connectivity index (χ4n) is 2.20. The third kappa shape index (κ3) is 4.64. The van der Waals surface area contributed by atoms with E-state index in [4.69, 9.17) is 4.74 Å². The Bertz CT molecular complexity index is 244. The molecular formula is C13H26N2O2. The van der Waals surface area contributed by atoms with Gasteiger partial charge in [-0.05, 0) is 40.2 Å². The molecule has 0 aromatic heterocycles. The van der Waals surface area contributed by atoms with E-state index in [0.717, 1.165) is 19.4 Å². The molecule has 1 N–H and O–H groups in total. The van der Waals surface area contributed by atoms with Gasteiger partial charge < -0.3 is 15.0 Å². The summed E-state index contributed by atoms with van der Waals surface area (Å²) in [5.74, 6) is 0.379. The van der Waals surface area contributed by atoms with E-state index in [0.29, 0.717) is 19.2 Å². The zero-order chi connectivity index (χ0) is 12.8. The van der Waals surface area contributed by atoms with E-state index in [1.807, 2.05) is 20.9 Å². The van der Waals surface area contributed by atoms with Gasteiger partial charge in [-0.25, -0.2) is 0 Å². The molecule has 1 rings (SSSR count). The van der Waals surface area contributed by atoms with Crippen LogP contribution in [0.5, 0.6) is 0 Å². The molecule has 0 aromatic rings. The Kier molecular flexibility index (Phi) is 5.92. The molecule has 0 aliphatic carbocycles. The van der Waals surface area contributed by atoms with Gasteiger partial charge in [0.05, 0.1) is 18.6 Å². The molecule has 1 amide bonds. The monoisotopic (exact) mass is 242 g/mol. The first-order valence-corrected chi connectivity index (χ1v) is 6.62. The number of piperidine rings is 1. The summed E-state index contributed by atoms with van der Waals surface area (Å²) in [4.78, 5) is 14.0. The van der Waals surface area contributed by atoms with E-state index in [-0.39, 0.29) is 17.9 Å². The lowest BCUT2D eigenvalue weighted by Crippen LogP contribution is -2.47. The van der Waals surface area contributed by atoms with E-state index in [2.05, 4.69) is 12.2 Å². The fourth-order valence-corrected chi connectivity index (χ4v) is 2.20. The van der Waals surface area contributed by atoms with Crippen LogP contribution in [0.2, 0.25) is 0 Å². The van der Waals surface area contributed by atoms with Crippen molar-refractivity contribution in [3.63, 3.8) is 0 Å². The molecular weight excluding hydrogens is 216 g/mol. The zero-order valence-electron chi connectivity index (χ0n) is 11.5. The Morgan fingerprint density at radius 3 is 2.82 bits per heavy atom. The maximum Gasteiger partial charge on any atom is 0.227 e. The van der Waals surface area contributed by atoms with E-state index >= 15 is 0 Å². The third-order valence-electron chi connectivity index (χ3n) is 3.33. The van der Waals surface area contributed by atoms with E-state index < -0.39 is 0 Å². The Balaban J connectivity index is 2.34. The lowest BCUT2D eigenvalue weighted by molar-refractivity contribution is -0.136. The minimum Gasteiger partial charge on any atom is -0.377 e. The molecule has 100 valence electrons. The van der Waals surface area contributed by atoms with Gasteiger partial charge in [0.25, 0.3) is 0 Å². The summed E-state index contributed by atoms with van der Waals surface area (Å²) in [6.45, 7) is 8.45. The molecule has 1 heterocycles. The Morgan fingerprint density at radius 1 is 1.53 bits per heavy atom. The second-order valence-corrected chi connectivity index (χ2v) is 5.17. The number of hydrogen-bond acceptors (Lipinski definition) is 3. The highest BCUT2D eigenvalue weighted by Gasteiger charge is 2.29. The van der Waals surface area contributed by atoms with Gasteiger partial charge in [-0.1, -0.05) is 0 Å². The van der Waals surface area contributed by atoms with Gasteiger partial charge in [0.15, 0.2) is 0 Å². The van der Waals surface area contributed by atoms with Crippen LogP contribution >= 0.6 is 0 Å². The molecule has 1 aliphatic rings. The van der Waals surface area contributed by atoms with Gasteiger partial charge in [0.1, 0.15) is 0 Å². The van der Waals surface area contributed by atoms with Crippen LogP contribution in [0.15, 0.2) is 0 Å². The van der Waals surface area contributed by atoms with Gasteiger partial charge in [0.2, 0.25) is 5.91 Å². The summed E-state index contributed by atoms with van der Waals surface area (Å²) < 4.78 is 5.47. The summed E-state index contributed by atoms with van der Waals surface area (Å²) in [6.07, 6.45) is 2.33. The molecule has 17 heavy (non-hydrogen) atoms. The smallest absolute Gasteiger partial charge is 0.227 e. The van der Waals surface area contributed by atoms with Crippen LogP contribution in [0.3, 0.4) is 0 Å². The molecule has 4 heteroatoms. The van der Waals surface area contributed by atoms with Crippen LogP contribution in [-0.4, -0.2) is 49.7 Å². The van der Waals surface area contributed by atoms with Gasteiger partial charge in [-0.3, -0.25) is 4.79 Å². The highest BCUT2D eigenvalue weighted by Crippen LogP contribution is 2.18. The second kappa shape index (κ2) is 6.97. The van der Waals surface area contributed by atoms with Gasteiger partial charge in [-0.2, -0.15) is 0 Å². The summed E-state index contributed by atoms with van der Waals surface area (Å²) in [7, 11) is 1.87. The molecule has 4 nitrogen and oxygen atoms in total. The molecule has 0 bridgehead atoms. The van der Waals surface area contributed by atoms with Crippen molar-refractivity contribution in [2.75, 3.05) is 26.7 Å². The van der Waals surface area contributed by atoms with Crippen molar-refractivity contribution in [3.05, 3.63) is 0 Å². The summed E-state index contributed by atoms with van der Waals surface area (Å²) >= 11 is 0. The number of nitrogens with zero attached hydrogens (tertiary/aromatic N) is 1. The topological polar surface area (TPSA) is 41.6 Å². The minimum atomic E-state index is 0.132. The van der Waals surface area contributed by atoms with Crippen molar-refractivity contribution in [3.8, 4) is 0 Å². The normalized spacial score (nSPS) is 25.0. The Hall–Kier alpha value is -0.610. The molecule has 2 atom stereocenters. The number of ether oxygens (including phenoxy) is 1. The first kappa shape index (κ1) is 14.5. The SMILES string of the molecule is CC(C)OCCN(C)C(=O)C1CCCNC1C.